The van der Waals surface area contributed by atoms with Crippen molar-refractivity contribution in [3.8, 4) is 0 Å². The van der Waals surface area contributed by atoms with Crippen LogP contribution in [0.2, 0.25) is 39.3 Å². The Bertz CT molecular complexity index is 730. The Morgan fingerprint density at radius 2 is 1.50 bits per heavy atom. The summed E-state index contributed by atoms with van der Waals surface area (Å²) >= 11 is 0. The summed E-state index contributed by atoms with van der Waals surface area (Å²) in [5, 5.41) is 4.63. The number of hydrogen-bond acceptors (Lipinski definition) is 4. The molecule has 0 N–H and O–H groups in total. The quantitative estimate of drug-likeness (QED) is 0.312. The van der Waals surface area contributed by atoms with Gasteiger partial charge in [-0.25, -0.2) is 0 Å². The van der Waals surface area contributed by atoms with Crippen molar-refractivity contribution >= 4 is 22.3 Å². The monoisotopic (exact) mass is 479 g/mol. The second kappa shape index (κ2) is 8.49. The van der Waals surface area contributed by atoms with Gasteiger partial charge in [0.15, 0.2) is 16.6 Å². The second-order valence-electron chi connectivity index (χ2n) is 13.9. The van der Waals surface area contributed by atoms with E-state index < -0.39 is 16.6 Å². The molecule has 8 atom stereocenters. The fraction of sp³-hybridized carbons (Fsp3) is 0.962. The van der Waals surface area contributed by atoms with Gasteiger partial charge < -0.3 is 13.7 Å². The third-order valence-corrected chi connectivity index (χ3v) is 11.6. The van der Waals surface area contributed by atoms with Crippen LogP contribution in [0.1, 0.15) is 65.2 Å². The van der Waals surface area contributed by atoms with Crippen molar-refractivity contribution in [2.75, 3.05) is 7.11 Å². The zero-order valence-corrected chi connectivity index (χ0v) is 24.3. The predicted molar refractivity (Wildman–Crippen MR) is 138 cm³/mol. The molecule has 4 aliphatic carbocycles. The summed E-state index contributed by atoms with van der Waals surface area (Å²) in [6.45, 7) is 19.1. The average molecular weight is 480 g/mol. The first kappa shape index (κ1) is 24.9. The lowest BCUT2D eigenvalue weighted by Crippen LogP contribution is -2.54. The van der Waals surface area contributed by atoms with Crippen LogP contribution < -0.4 is 0 Å². The molecule has 0 aromatic heterocycles. The molecular weight excluding hydrogens is 430 g/mol. The lowest BCUT2D eigenvalue weighted by Gasteiger charge is -2.60. The molecule has 0 aromatic rings. The second-order valence-corrected chi connectivity index (χ2v) is 22.8. The van der Waals surface area contributed by atoms with Crippen molar-refractivity contribution in [1.82, 2.24) is 0 Å². The molecule has 6 heteroatoms. The predicted octanol–water partition coefficient (Wildman–Crippen LogP) is 7.08. The van der Waals surface area contributed by atoms with Gasteiger partial charge in [-0.2, -0.15) is 0 Å². The van der Waals surface area contributed by atoms with E-state index in [1.54, 1.807) is 7.11 Å². The molecule has 5 unspecified atom stereocenters. The Morgan fingerprint density at radius 1 is 0.812 bits per heavy atom. The molecule has 0 aliphatic heterocycles. The van der Waals surface area contributed by atoms with Crippen LogP contribution in [0.15, 0.2) is 5.16 Å². The molecule has 0 amide bonds. The Hall–Kier alpha value is -0.176. The van der Waals surface area contributed by atoms with Crippen LogP contribution in [0.4, 0.5) is 0 Å². The number of oxime groups is 1. The third kappa shape index (κ3) is 4.55. The molecule has 4 aliphatic rings. The van der Waals surface area contributed by atoms with Crippen LogP contribution in [0.25, 0.3) is 0 Å². The molecule has 0 aromatic carbocycles. The molecule has 4 nitrogen and oxygen atoms in total. The largest absolute Gasteiger partial charge is 0.415 e. The summed E-state index contributed by atoms with van der Waals surface area (Å²) in [5.74, 6) is 3.18. The summed E-state index contributed by atoms with van der Waals surface area (Å²) in [6.07, 6.45) is 11.1. The lowest BCUT2D eigenvalue weighted by atomic mass is 9.45. The molecule has 184 valence electrons. The van der Waals surface area contributed by atoms with E-state index in [2.05, 4.69) is 58.3 Å². The first-order chi connectivity index (χ1) is 14.8. The highest BCUT2D eigenvalue weighted by Crippen LogP contribution is 2.66. The normalized spacial score (nSPS) is 45.8. The summed E-state index contributed by atoms with van der Waals surface area (Å²) < 4.78 is 13.3. The third-order valence-electron chi connectivity index (χ3n) is 9.57. The molecule has 32 heavy (non-hydrogen) atoms. The summed E-state index contributed by atoms with van der Waals surface area (Å²) in [4.78, 5) is 5.39. The van der Waals surface area contributed by atoms with Gasteiger partial charge in [0.2, 0.25) is 0 Å². The van der Waals surface area contributed by atoms with Crippen LogP contribution >= 0.6 is 0 Å². The van der Waals surface area contributed by atoms with Crippen molar-refractivity contribution in [3.05, 3.63) is 0 Å². The molecule has 4 fully saturated rings. The zero-order chi connectivity index (χ0) is 23.5. The van der Waals surface area contributed by atoms with Crippen molar-refractivity contribution in [3.63, 3.8) is 0 Å². The van der Waals surface area contributed by atoms with E-state index >= 15 is 0 Å². The van der Waals surface area contributed by atoms with Crippen molar-refractivity contribution in [2.24, 2.45) is 39.7 Å². The Kier molecular flexibility index (Phi) is 6.62. The summed E-state index contributed by atoms with van der Waals surface area (Å²) in [7, 11) is -1.42. The molecule has 0 bridgehead atoms. The van der Waals surface area contributed by atoms with Gasteiger partial charge in [0, 0.05) is 11.5 Å². The minimum atomic E-state index is -1.65. The topological polar surface area (TPSA) is 40.0 Å². The van der Waals surface area contributed by atoms with E-state index in [9.17, 15) is 0 Å². The van der Waals surface area contributed by atoms with Crippen LogP contribution in [0, 0.1) is 34.5 Å². The SMILES string of the molecule is CO/N=C1/[C@H](O[Si](C)(C)C)CC2C3CC[C@@H]4C[C@H](O[Si](C)(C)C)CCC4(C)C3CCC12C. The first-order valence-electron chi connectivity index (χ1n) is 13.2. The Morgan fingerprint density at radius 3 is 2.12 bits per heavy atom. The highest BCUT2D eigenvalue weighted by atomic mass is 28.4. The van der Waals surface area contributed by atoms with Gasteiger partial charge >= 0.3 is 0 Å². The molecular formula is C26H49NO3Si2. The van der Waals surface area contributed by atoms with Crippen molar-refractivity contribution in [1.29, 1.82) is 0 Å². The van der Waals surface area contributed by atoms with E-state index in [1.807, 2.05) is 0 Å². The maximum absolute atomic E-state index is 6.71. The van der Waals surface area contributed by atoms with E-state index in [1.165, 1.54) is 50.7 Å². The fourth-order valence-corrected chi connectivity index (χ4v) is 10.7. The maximum Gasteiger partial charge on any atom is 0.184 e. The van der Waals surface area contributed by atoms with E-state index in [-0.39, 0.29) is 11.5 Å². The van der Waals surface area contributed by atoms with E-state index in [0.717, 1.165) is 24.2 Å². The van der Waals surface area contributed by atoms with Gasteiger partial charge in [-0.1, -0.05) is 19.0 Å². The average Bonchev–Trinajstić information content (AvgIpc) is 2.92. The zero-order valence-electron chi connectivity index (χ0n) is 22.3. The van der Waals surface area contributed by atoms with Crippen molar-refractivity contribution < 1.29 is 13.7 Å². The standard InChI is InChI=1S/C26H49NO3Si2/c1-25-14-12-19(29-31(4,5)6)16-18(25)10-11-20-21(25)13-15-26(2)22(20)17-23(24(26)27-28-3)30-32(7,8)9/h18-23H,10-17H2,1-9H3/b27-24-/t18-,19-,20?,21?,22?,23-,25?,26?/m1/s1. The van der Waals surface area contributed by atoms with Gasteiger partial charge in [0.05, 0.1) is 11.8 Å². The highest BCUT2D eigenvalue weighted by molar-refractivity contribution is 6.70. The van der Waals surface area contributed by atoms with Crippen LogP contribution in [-0.4, -0.2) is 41.7 Å². The first-order valence-corrected chi connectivity index (χ1v) is 20.1. The van der Waals surface area contributed by atoms with Crippen LogP contribution in [0.5, 0.6) is 0 Å². The Balaban J connectivity index is 1.55. The molecule has 4 rings (SSSR count). The Labute approximate surface area is 199 Å². The summed E-state index contributed by atoms with van der Waals surface area (Å²) in [5.41, 5.74) is 1.84. The van der Waals surface area contributed by atoms with Gasteiger partial charge in [-0.15, -0.1) is 0 Å². The summed E-state index contributed by atoms with van der Waals surface area (Å²) in [6, 6.07) is 0. The molecule has 0 spiro atoms. The minimum Gasteiger partial charge on any atom is -0.415 e. The molecule has 4 saturated carbocycles. The smallest absolute Gasteiger partial charge is 0.184 e. The molecule has 0 heterocycles. The van der Waals surface area contributed by atoms with Gasteiger partial charge in [-0.3, -0.25) is 0 Å². The van der Waals surface area contributed by atoms with Crippen LogP contribution in [-0.2, 0) is 13.7 Å². The van der Waals surface area contributed by atoms with Crippen LogP contribution in [0.3, 0.4) is 0 Å². The van der Waals surface area contributed by atoms with Gasteiger partial charge in [-0.05, 0) is 120 Å². The fourth-order valence-electron chi connectivity index (χ4n) is 8.40. The van der Waals surface area contributed by atoms with Gasteiger partial charge in [0.1, 0.15) is 7.11 Å². The van der Waals surface area contributed by atoms with Crippen molar-refractivity contribution in [2.45, 2.75) is 117 Å². The maximum atomic E-state index is 6.71. The molecule has 0 radical (unpaired) electrons. The molecule has 0 saturated heterocycles. The number of rotatable bonds is 5. The van der Waals surface area contributed by atoms with E-state index in [0.29, 0.717) is 17.4 Å². The number of nitrogens with zero attached hydrogens (tertiary/aromatic N) is 1. The lowest BCUT2D eigenvalue weighted by molar-refractivity contribution is -0.112. The highest BCUT2D eigenvalue weighted by Gasteiger charge is 2.62. The van der Waals surface area contributed by atoms with E-state index in [4.69, 9.17) is 13.7 Å². The van der Waals surface area contributed by atoms with Gasteiger partial charge in [0.25, 0.3) is 0 Å². The number of fused-ring (bicyclic) bond motifs is 5. The minimum absolute atomic E-state index is 0.142. The number of hydrogen-bond donors (Lipinski definition) is 0.